The lowest BCUT2D eigenvalue weighted by atomic mass is 10.3. The van der Waals surface area contributed by atoms with Crippen molar-refractivity contribution in [1.29, 1.82) is 0 Å². The maximum atomic E-state index is 13.4. The number of hydrogen-bond acceptors (Lipinski definition) is 6. The van der Waals surface area contributed by atoms with Gasteiger partial charge in [-0.15, -0.1) is 0 Å². The molecule has 0 saturated carbocycles. The van der Waals surface area contributed by atoms with E-state index < -0.39 is 15.9 Å². The molecule has 0 fully saturated rings. The van der Waals surface area contributed by atoms with Crippen molar-refractivity contribution in [3.8, 4) is 17.2 Å². The van der Waals surface area contributed by atoms with Gasteiger partial charge in [0.25, 0.3) is 10.0 Å². The first-order valence-electron chi connectivity index (χ1n) is 9.11. The van der Waals surface area contributed by atoms with Crippen molar-refractivity contribution in [3.63, 3.8) is 0 Å². The van der Waals surface area contributed by atoms with Crippen LogP contribution in [-0.4, -0.2) is 48.2 Å². The Morgan fingerprint density at radius 1 is 1.00 bits per heavy atom. The van der Waals surface area contributed by atoms with E-state index in [-0.39, 0.29) is 17.2 Å². The number of nitrogens with zero attached hydrogens (tertiary/aromatic N) is 1. The van der Waals surface area contributed by atoms with Crippen molar-refractivity contribution in [1.82, 2.24) is 5.32 Å². The predicted molar refractivity (Wildman–Crippen MR) is 110 cm³/mol. The van der Waals surface area contributed by atoms with E-state index in [1.165, 1.54) is 32.4 Å². The average Bonchev–Trinajstić information content (AvgIpc) is 2.72. The van der Waals surface area contributed by atoms with E-state index in [9.17, 15) is 13.2 Å². The van der Waals surface area contributed by atoms with Gasteiger partial charge in [0.1, 0.15) is 12.3 Å². The van der Waals surface area contributed by atoms with E-state index in [2.05, 4.69) is 5.32 Å². The summed E-state index contributed by atoms with van der Waals surface area (Å²) in [5.74, 6) is 0.879. The van der Waals surface area contributed by atoms with E-state index in [4.69, 9.17) is 14.2 Å². The fourth-order valence-corrected chi connectivity index (χ4v) is 4.12. The smallest absolute Gasteiger partial charge is 0.264 e. The fraction of sp³-hybridized carbons (Fsp3) is 0.350. The Morgan fingerprint density at radius 3 is 2.21 bits per heavy atom. The van der Waals surface area contributed by atoms with Gasteiger partial charge < -0.3 is 19.5 Å². The highest BCUT2D eigenvalue weighted by atomic mass is 32.2. The molecular weight excluding hydrogens is 396 g/mol. The zero-order chi connectivity index (χ0) is 21.4. The molecule has 0 radical (unpaired) electrons. The molecule has 0 aliphatic carbocycles. The van der Waals surface area contributed by atoms with Gasteiger partial charge >= 0.3 is 0 Å². The molecule has 0 aliphatic rings. The first-order chi connectivity index (χ1) is 13.9. The van der Waals surface area contributed by atoms with Crippen LogP contribution in [0.5, 0.6) is 17.2 Å². The highest BCUT2D eigenvalue weighted by Gasteiger charge is 2.28. The van der Waals surface area contributed by atoms with Gasteiger partial charge in [-0.3, -0.25) is 9.10 Å². The minimum Gasteiger partial charge on any atom is -0.494 e. The van der Waals surface area contributed by atoms with E-state index in [1.807, 2.05) is 6.92 Å². The number of benzene rings is 2. The third-order valence-corrected chi connectivity index (χ3v) is 5.81. The molecule has 0 spiro atoms. The lowest BCUT2D eigenvalue weighted by Gasteiger charge is -2.24. The molecule has 0 bridgehead atoms. The molecule has 1 amide bonds. The monoisotopic (exact) mass is 422 g/mol. The van der Waals surface area contributed by atoms with Gasteiger partial charge in [-0.25, -0.2) is 8.42 Å². The molecule has 0 unspecified atom stereocenters. The molecule has 2 aromatic carbocycles. The molecule has 0 heterocycles. The average molecular weight is 423 g/mol. The van der Waals surface area contributed by atoms with Crippen LogP contribution in [0, 0.1) is 0 Å². The molecule has 0 saturated heterocycles. The second kappa shape index (κ2) is 10.0. The van der Waals surface area contributed by atoms with Crippen molar-refractivity contribution < 1.29 is 27.4 Å². The maximum Gasteiger partial charge on any atom is 0.264 e. The lowest BCUT2D eigenvalue weighted by Crippen LogP contribution is -2.40. The summed E-state index contributed by atoms with van der Waals surface area (Å²) >= 11 is 0. The van der Waals surface area contributed by atoms with Crippen molar-refractivity contribution in [2.45, 2.75) is 18.7 Å². The number of hydrogen-bond donors (Lipinski definition) is 1. The zero-order valence-corrected chi connectivity index (χ0v) is 17.8. The van der Waals surface area contributed by atoms with Crippen LogP contribution in [0.1, 0.15) is 13.8 Å². The molecule has 2 aromatic rings. The summed E-state index contributed by atoms with van der Waals surface area (Å²) in [6.07, 6.45) is 0. The van der Waals surface area contributed by atoms with Gasteiger partial charge in [0.15, 0.2) is 11.5 Å². The molecule has 2 rings (SSSR count). The molecule has 158 valence electrons. The van der Waals surface area contributed by atoms with Crippen LogP contribution in [0.4, 0.5) is 5.69 Å². The Bertz CT molecular complexity index is 928. The largest absolute Gasteiger partial charge is 0.494 e. The Morgan fingerprint density at radius 2 is 1.66 bits per heavy atom. The SMILES string of the molecule is CCNC(=O)CN(c1ccc(OCC)cc1)S(=O)(=O)c1ccc(OC)c(OC)c1. The minimum atomic E-state index is -4.05. The second-order valence-electron chi connectivity index (χ2n) is 5.91. The lowest BCUT2D eigenvalue weighted by molar-refractivity contribution is -0.119. The number of carbonyl (C=O) groups is 1. The molecule has 29 heavy (non-hydrogen) atoms. The summed E-state index contributed by atoms with van der Waals surface area (Å²) < 4.78 is 43.6. The molecular formula is C20H26N2O6S. The molecule has 1 N–H and O–H groups in total. The number of amides is 1. The number of likely N-dealkylation sites (N-methyl/N-ethyl adjacent to an activating group) is 1. The van der Waals surface area contributed by atoms with Gasteiger partial charge in [-0.1, -0.05) is 0 Å². The number of anilines is 1. The van der Waals surface area contributed by atoms with Crippen LogP contribution in [0.15, 0.2) is 47.4 Å². The summed E-state index contributed by atoms with van der Waals surface area (Å²) in [6, 6.07) is 10.8. The normalized spacial score (nSPS) is 10.9. The van der Waals surface area contributed by atoms with E-state index >= 15 is 0 Å². The highest BCUT2D eigenvalue weighted by Crippen LogP contribution is 2.32. The third-order valence-electron chi connectivity index (χ3n) is 4.04. The van der Waals surface area contributed by atoms with Gasteiger partial charge in [0.2, 0.25) is 5.91 Å². The van der Waals surface area contributed by atoms with E-state index in [0.29, 0.717) is 30.3 Å². The fourth-order valence-electron chi connectivity index (χ4n) is 2.68. The number of sulfonamides is 1. The van der Waals surface area contributed by atoms with Gasteiger partial charge in [-0.05, 0) is 50.2 Å². The Hall–Kier alpha value is -2.94. The minimum absolute atomic E-state index is 0.0201. The molecule has 8 nitrogen and oxygen atoms in total. The number of methoxy groups -OCH3 is 2. The van der Waals surface area contributed by atoms with Crippen LogP contribution in [0.25, 0.3) is 0 Å². The summed E-state index contributed by atoms with van der Waals surface area (Å²) in [5.41, 5.74) is 0.342. The standard InChI is InChI=1S/C20H26N2O6S/c1-5-21-20(23)14-22(15-7-9-16(10-8-15)28-6-2)29(24,25)17-11-12-18(26-3)19(13-17)27-4/h7-13H,5-6,14H2,1-4H3,(H,21,23). The van der Waals surface area contributed by atoms with Crippen LogP contribution >= 0.6 is 0 Å². The maximum absolute atomic E-state index is 13.4. The third kappa shape index (κ3) is 5.32. The molecule has 0 aromatic heterocycles. The first kappa shape index (κ1) is 22.4. The molecule has 0 atom stereocenters. The van der Waals surface area contributed by atoms with Crippen molar-refractivity contribution >= 4 is 21.6 Å². The number of rotatable bonds is 10. The molecule has 9 heteroatoms. The Labute approximate surface area is 171 Å². The van der Waals surface area contributed by atoms with Gasteiger partial charge in [0, 0.05) is 12.6 Å². The van der Waals surface area contributed by atoms with Crippen molar-refractivity contribution in [3.05, 3.63) is 42.5 Å². The summed E-state index contributed by atoms with van der Waals surface area (Å²) in [6.45, 7) is 4.15. The quantitative estimate of drug-likeness (QED) is 0.632. The number of carbonyl (C=O) groups excluding carboxylic acids is 1. The van der Waals surface area contributed by atoms with Crippen LogP contribution in [0.2, 0.25) is 0 Å². The van der Waals surface area contributed by atoms with Crippen molar-refractivity contribution in [2.75, 3.05) is 38.2 Å². The first-order valence-corrected chi connectivity index (χ1v) is 10.6. The second-order valence-corrected chi connectivity index (χ2v) is 7.77. The summed E-state index contributed by atoms with van der Waals surface area (Å²) in [5, 5.41) is 2.63. The summed E-state index contributed by atoms with van der Waals surface area (Å²) in [4.78, 5) is 12.2. The topological polar surface area (TPSA) is 94.2 Å². The van der Waals surface area contributed by atoms with E-state index in [1.54, 1.807) is 31.2 Å². The summed E-state index contributed by atoms with van der Waals surface area (Å²) in [7, 11) is -1.16. The predicted octanol–water partition coefficient (Wildman–Crippen LogP) is 2.43. The van der Waals surface area contributed by atoms with Gasteiger partial charge in [-0.2, -0.15) is 0 Å². The highest BCUT2D eigenvalue weighted by molar-refractivity contribution is 7.92. The van der Waals surface area contributed by atoms with Crippen LogP contribution in [-0.2, 0) is 14.8 Å². The number of nitrogens with one attached hydrogen (secondary N) is 1. The zero-order valence-electron chi connectivity index (χ0n) is 17.0. The van der Waals surface area contributed by atoms with Crippen LogP contribution in [0.3, 0.4) is 0 Å². The number of ether oxygens (including phenoxy) is 3. The van der Waals surface area contributed by atoms with Gasteiger partial charge in [0.05, 0.1) is 31.4 Å². The Balaban J connectivity index is 2.49. The molecule has 0 aliphatic heterocycles. The Kier molecular flexibility index (Phi) is 7.72. The van der Waals surface area contributed by atoms with Crippen LogP contribution < -0.4 is 23.8 Å². The van der Waals surface area contributed by atoms with E-state index in [0.717, 1.165) is 4.31 Å². The van der Waals surface area contributed by atoms with Crippen molar-refractivity contribution in [2.24, 2.45) is 0 Å².